The van der Waals surface area contributed by atoms with Crippen molar-refractivity contribution >= 4 is 17.7 Å². The number of benzene rings is 1. The quantitative estimate of drug-likeness (QED) is 0.583. The number of rotatable bonds is 2. The maximum absolute atomic E-state index is 7.97. The minimum absolute atomic E-state index is 0.291. The van der Waals surface area contributed by atoms with E-state index in [9.17, 15) is 0 Å². The maximum atomic E-state index is 7.97. The van der Waals surface area contributed by atoms with E-state index < -0.39 is 27.0 Å². The summed E-state index contributed by atoms with van der Waals surface area (Å²) in [7, 11) is 1.91. The number of pyridine rings is 1. The second kappa shape index (κ2) is 5.36. The van der Waals surface area contributed by atoms with Gasteiger partial charge in [-0.3, -0.25) is 0 Å². The predicted molar refractivity (Wildman–Crippen MR) is 90.2 cm³/mol. The van der Waals surface area contributed by atoms with Crippen LogP contribution in [0.2, 0.25) is 17.3 Å². The number of hydrogen-bond acceptors (Lipinski definition) is 0. The monoisotopic (exact) mass is 336 g/mol. The summed E-state index contributed by atoms with van der Waals surface area (Å²) in [5.74, 6) is 6.54. The van der Waals surface area contributed by atoms with E-state index in [1.807, 2.05) is 24.7 Å². The van der Waals surface area contributed by atoms with E-state index in [0.717, 1.165) is 21.2 Å². The van der Waals surface area contributed by atoms with Gasteiger partial charge in [-0.05, 0) is 0 Å². The number of hydrogen-bond donors (Lipinski definition) is 0. The van der Waals surface area contributed by atoms with Gasteiger partial charge in [-0.2, -0.15) is 0 Å². The second-order valence-electron chi connectivity index (χ2n) is 6.38. The van der Waals surface area contributed by atoms with Crippen molar-refractivity contribution < 1.29 is 12.8 Å². The topological polar surface area (TPSA) is 3.88 Å². The average Bonchev–Trinajstić information content (AvgIpc) is 2.44. The molecule has 0 spiro atoms. The number of nitrogens with zero attached hydrogens (tertiary/aromatic N) is 1. The molecule has 2 aromatic rings. The predicted octanol–water partition coefficient (Wildman–Crippen LogP) is 3.65. The van der Waals surface area contributed by atoms with Crippen LogP contribution in [0.5, 0.6) is 0 Å². The van der Waals surface area contributed by atoms with E-state index in [1.54, 1.807) is 24.3 Å². The van der Waals surface area contributed by atoms with Crippen molar-refractivity contribution in [1.29, 1.82) is 0 Å². The van der Waals surface area contributed by atoms with Crippen LogP contribution in [-0.2, 0) is 7.05 Å². The molecule has 0 bridgehead atoms. The van der Waals surface area contributed by atoms with Crippen LogP contribution in [0, 0.1) is 20.6 Å². The molecule has 0 atom stereocenters. The third-order valence-corrected chi connectivity index (χ3v) is 7.81. The Labute approximate surface area is 134 Å². The fourth-order valence-corrected chi connectivity index (χ4v) is 5.53. The van der Waals surface area contributed by atoms with Crippen LogP contribution in [0.3, 0.4) is 0 Å². The van der Waals surface area contributed by atoms with Crippen molar-refractivity contribution in [2.24, 2.45) is 7.05 Å². The van der Waals surface area contributed by atoms with Gasteiger partial charge < -0.3 is 0 Å². The van der Waals surface area contributed by atoms with Gasteiger partial charge in [-0.25, -0.2) is 0 Å². The first-order valence-corrected chi connectivity index (χ1v) is 14.1. The molecule has 1 heterocycles. The van der Waals surface area contributed by atoms with Crippen molar-refractivity contribution in [2.75, 3.05) is 0 Å². The third-order valence-electron chi connectivity index (χ3n) is 3.58. The van der Waals surface area contributed by atoms with Gasteiger partial charge >= 0.3 is 134 Å². The zero-order chi connectivity index (χ0) is 20.1. The number of aryl methyl sites for hydroxylation is 4. The van der Waals surface area contributed by atoms with Gasteiger partial charge in [-0.1, -0.05) is 0 Å². The van der Waals surface area contributed by atoms with E-state index in [-0.39, 0.29) is 0 Å². The zero-order valence-electron chi connectivity index (χ0n) is 18.8. The Balaban J connectivity index is 2.72. The average molecular weight is 335 g/mol. The van der Waals surface area contributed by atoms with Crippen molar-refractivity contribution in [3.05, 3.63) is 47.2 Å². The fraction of sp³-hybridized carbons (Fsp3) is 0.389. The van der Waals surface area contributed by atoms with E-state index >= 15 is 0 Å². The fourth-order valence-electron chi connectivity index (χ4n) is 2.47. The Morgan fingerprint density at radius 1 is 1.05 bits per heavy atom. The second-order valence-corrected chi connectivity index (χ2v) is 16.9. The molecular formula is C18H26GeN+. The molecule has 0 saturated heterocycles. The summed E-state index contributed by atoms with van der Waals surface area (Å²) in [5.41, 5.74) is 3.15. The molecule has 0 aliphatic carbocycles. The van der Waals surface area contributed by atoms with Crippen LogP contribution >= 0.6 is 0 Å². The molecule has 0 saturated carbocycles. The van der Waals surface area contributed by atoms with Crippen LogP contribution in [0.15, 0.2) is 30.5 Å². The van der Waals surface area contributed by atoms with E-state index in [0.29, 0.717) is 11.1 Å². The molecule has 0 aliphatic heterocycles. The molecule has 2 rings (SSSR count). The van der Waals surface area contributed by atoms with Gasteiger partial charge in [0.15, 0.2) is 0 Å². The summed E-state index contributed by atoms with van der Waals surface area (Å²) in [6.45, 7) is -2.47. The Kier molecular flexibility index (Phi) is 2.42. The minimum atomic E-state index is -2.38. The first-order chi connectivity index (χ1) is 11.6. The SMILES string of the molecule is [2H]C([2H])([2H])c1ccc(-c2cc(C([2H])([2H])[2H])[c]([Ge]([CH3])([CH3])[CH3])c[n+]2C)c(C)c1. The Bertz CT molecular complexity index is 831. The summed E-state index contributed by atoms with van der Waals surface area (Å²) >= 11 is -2.38. The Morgan fingerprint density at radius 2 is 1.80 bits per heavy atom. The van der Waals surface area contributed by atoms with Crippen molar-refractivity contribution in [3.63, 3.8) is 0 Å². The summed E-state index contributed by atoms with van der Waals surface area (Å²) < 4.78 is 49.5. The summed E-state index contributed by atoms with van der Waals surface area (Å²) in [5, 5.41) is 0. The molecule has 0 radical (unpaired) electrons. The molecule has 106 valence electrons. The molecule has 1 aromatic carbocycles. The summed E-state index contributed by atoms with van der Waals surface area (Å²) in [6, 6.07) is 6.79. The van der Waals surface area contributed by atoms with Gasteiger partial charge in [0.25, 0.3) is 0 Å². The van der Waals surface area contributed by atoms with Crippen LogP contribution in [-0.4, -0.2) is 13.3 Å². The van der Waals surface area contributed by atoms with Crippen molar-refractivity contribution in [3.8, 4) is 11.3 Å². The number of aromatic nitrogens is 1. The van der Waals surface area contributed by atoms with Gasteiger partial charge in [0.05, 0.1) is 0 Å². The van der Waals surface area contributed by atoms with Crippen molar-refractivity contribution in [1.82, 2.24) is 0 Å². The zero-order valence-corrected chi connectivity index (χ0v) is 14.9. The molecule has 1 nitrogen and oxygen atoms in total. The van der Waals surface area contributed by atoms with Crippen LogP contribution in [0.4, 0.5) is 0 Å². The molecule has 2 heteroatoms. The Hall–Kier alpha value is -1.09. The van der Waals surface area contributed by atoms with Gasteiger partial charge in [0.2, 0.25) is 0 Å². The van der Waals surface area contributed by atoms with Crippen molar-refractivity contribution in [2.45, 2.75) is 37.9 Å². The standard InChI is InChI=1S/C18H26GeN/c1-13-8-9-16(14(2)10-13)18-11-15(3)17(12-20(18)7)19(4,5)6/h8-12H,1-7H3/q+1/i1D3,3D3. The molecular weight excluding hydrogens is 303 g/mol. The van der Waals surface area contributed by atoms with E-state index in [1.165, 1.54) is 0 Å². The molecule has 0 amide bonds. The molecule has 0 fully saturated rings. The first kappa shape index (κ1) is 9.04. The molecule has 0 aliphatic rings. The van der Waals surface area contributed by atoms with Crippen LogP contribution in [0.1, 0.15) is 24.9 Å². The van der Waals surface area contributed by atoms with E-state index in [4.69, 9.17) is 8.22 Å². The summed E-state index contributed by atoms with van der Waals surface area (Å²) in [6.07, 6.45) is 1.95. The van der Waals surface area contributed by atoms with E-state index in [2.05, 4.69) is 17.3 Å². The van der Waals surface area contributed by atoms with Gasteiger partial charge in [-0.15, -0.1) is 0 Å². The Morgan fingerprint density at radius 3 is 2.35 bits per heavy atom. The first-order valence-electron chi connectivity index (χ1n) is 9.78. The molecule has 0 N–H and O–H groups in total. The van der Waals surface area contributed by atoms with Crippen LogP contribution < -0.4 is 8.96 Å². The molecule has 20 heavy (non-hydrogen) atoms. The van der Waals surface area contributed by atoms with Gasteiger partial charge in [0.1, 0.15) is 0 Å². The molecule has 1 aromatic heterocycles. The molecule has 0 unspecified atom stereocenters. The normalized spacial score (nSPS) is 17.4. The third kappa shape index (κ3) is 2.98. The summed E-state index contributed by atoms with van der Waals surface area (Å²) in [4.78, 5) is 0. The van der Waals surface area contributed by atoms with Crippen LogP contribution in [0.25, 0.3) is 11.3 Å². The van der Waals surface area contributed by atoms with Gasteiger partial charge in [0, 0.05) is 0 Å².